The Morgan fingerprint density at radius 1 is 1.60 bits per heavy atom. The standard InChI is InChI=1S/C4H9.Co/c1-3-4-2;/h3H,4H2,1-2H3;. The number of unbranched alkanes of at least 4 members (excludes halogenated alkanes) is 1. The van der Waals surface area contributed by atoms with E-state index in [2.05, 4.69) is 20.3 Å². The van der Waals surface area contributed by atoms with Crippen LogP contribution >= 0.6 is 0 Å². The van der Waals surface area contributed by atoms with Crippen molar-refractivity contribution in [1.29, 1.82) is 0 Å². The van der Waals surface area contributed by atoms with Crippen molar-refractivity contribution in [3.05, 3.63) is 6.42 Å². The van der Waals surface area contributed by atoms with E-state index in [1.807, 2.05) is 0 Å². The Labute approximate surface area is 44.2 Å². The van der Waals surface area contributed by atoms with Gasteiger partial charge in [-0.05, 0) is 6.42 Å². The molecule has 0 atom stereocenters. The molecule has 1 heteroatoms. The number of hydrogen-bond acceptors (Lipinski definition) is 0. The monoisotopic (exact) mass is 116 g/mol. The zero-order valence-corrected chi connectivity index (χ0v) is 4.66. The van der Waals surface area contributed by atoms with Crippen LogP contribution in [0.15, 0.2) is 0 Å². The maximum atomic E-state index is 2.12. The van der Waals surface area contributed by atoms with Crippen molar-refractivity contribution in [3.63, 3.8) is 0 Å². The summed E-state index contributed by atoms with van der Waals surface area (Å²) in [6.45, 7) is 4.18. The SMILES string of the molecule is C[CH]CC.[Co]. The minimum absolute atomic E-state index is 0. The molecule has 0 fully saturated rings. The third kappa shape index (κ3) is 12.5. The van der Waals surface area contributed by atoms with E-state index in [1.165, 1.54) is 6.42 Å². The second-order valence-corrected chi connectivity index (χ2v) is 0.816. The van der Waals surface area contributed by atoms with Crippen LogP contribution in [-0.4, -0.2) is 0 Å². The van der Waals surface area contributed by atoms with Crippen LogP contribution < -0.4 is 0 Å². The van der Waals surface area contributed by atoms with Crippen molar-refractivity contribution in [2.24, 2.45) is 0 Å². The Bertz CT molecular complexity index is 5.61. The molecule has 0 spiro atoms. The first-order valence-electron chi connectivity index (χ1n) is 1.69. The van der Waals surface area contributed by atoms with E-state index in [4.69, 9.17) is 0 Å². The topological polar surface area (TPSA) is 0 Å². The number of hydrogen-bond donors (Lipinski definition) is 0. The molecule has 0 aliphatic rings. The summed E-state index contributed by atoms with van der Waals surface area (Å²) >= 11 is 0. The minimum atomic E-state index is 0. The summed E-state index contributed by atoms with van der Waals surface area (Å²) in [7, 11) is 0. The fraction of sp³-hybridized carbons (Fsp3) is 0.750. The van der Waals surface area contributed by atoms with Crippen molar-refractivity contribution in [2.75, 3.05) is 0 Å². The Kier molecular flexibility index (Phi) is 16.0. The van der Waals surface area contributed by atoms with E-state index in [0.717, 1.165) is 0 Å². The van der Waals surface area contributed by atoms with Crippen molar-refractivity contribution < 1.29 is 16.8 Å². The van der Waals surface area contributed by atoms with Crippen LogP contribution in [0.5, 0.6) is 0 Å². The zero-order valence-electron chi connectivity index (χ0n) is 3.62. The predicted molar refractivity (Wildman–Crippen MR) is 20.3 cm³/mol. The van der Waals surface area contributed by atoms with Gasteiger partial charge in [-0.1, -0.05) is 20.3 Å². The molecule has 34 valence electrons. The van der Waals surface area contributed by atoms with Gasteiger partial charge < -0.3 is 0 Å². The molecule has 0 aliphatic heterocycles. The molecule has 0 aromatic carbocycles. The molecule has 0 bridgehead atoms. The van der Waals surface area contributed by atoms with Gasteiger partial charge in [0, 0.05) is 16.8 Å². The van der Waals surface area contributed by atoms with E-state index in [1.54, 1.807) is 0 Å². The molecule has 0 rings (SSSR count). The molecule has 0 aromatic heterocycles. The van der Waals surface area contributed by atoms with Gasteiger partial charge in [-0.2, -0.15) is 0 Å². The molecule has 0 saturated heterocycles. The molecule has 2 radical (unpaired) electrons. The van der Waals surface area contributed by atoms with Gasteiger partial charge in [0.2, 0.25) is 0 Å². The summed E-state index contributed by atoms with van der Waals surface area (Å²) in [4.78, 5) is 0. The van der Waals surface area contributed by atoms with E-state index < -0.39 is 0 Å². The molecule has 0 N–H and O–H groups in total. The van der Waals surface area contributed by atoms with Gasteiger partial charge in [-0.15, -0.1) is 0 Å². The predicted octanol–water partition coefficient (Wildman–Crippen LogP) is 1.62. The molecule has 0 amide bonds. The molecular weight excluding hydrogens is 107 g/mol. The fourth-order valence-electron chi connectivity index (χ4n) is 0. The Morgan fingerprint density at radius 2 is 1.80 bits per heavy atom. The first kappa shape index (κ1) is 9.10. The average molecular weight is 116 g/mol. The van der Waals surface area contributed by atoms with Gasteiger partial charge in [0.05, 0.1) is 0 Å². The van der Waals surface area contributed by atoms with Crippen LogP contribution in [0.3, 0.4) is 0 Å². The van der Waals surface area contributed by atoms with Crippen LogP contribution in [0.1, 0.15) is 20.3 Å². The quantitative estimate of drug-likeness (QED) is 0.488. The normalized spacial score (nSPS) is 6.00. The minimum Gasteiger partial charge on any atom is -0.0651 e. The Morgan fingerprint density at radius 3 is 1.80 bits per heavy atom. The van der Waals surface area contributed by atoms with E-state index in [-0.39, 0.29) is 16.8 Å². The van der Waals surface area contributed by atoms with Crippen molar-refractivity contribution in [3.8, 4) is 0 Å². The smallest absolute Gasteiger partial charge is 0 e. The molecule has 0 unspecified atom stereocenters. The van der Waals surface area contributed by atoms with Gasteiger partial charge in [0.15, 0.2) is 0 Å². The Balaban J connectivity index is 0. The second-order valence-electron chi connectivity index (χ2n) is 0.816. The molecule has 0 heterocycles. The summed E-state index contributed by atoms with van der Waals surface area (Å²) in [5.41, 5.74) is 0. The molecule has 0 aliphatic carbocycles. The summed E-state index contributed by atoms with van der Waals surface area (Å²) in [6.07, 6.45) is 3.32. The van der Waals surface area contributed by atoms with Crippen LogP contribution in [0.4, 0.5) is 0 Å². The first-order valence-corrected chi connectivity index (χ1v) is 1.69. The largest absolute Gasteiger partial charge is 0.0651 e. The summed E-state index contributed by atoms with van der Waals surface area (Å²) < 4.78 is 0. The first-order chi connectivity index (χ1) is 1.91. The van der Waals surface area contributed by atoms with Gasteiger partial charge >= 0.3 is 0 Å². The van der Waals surface area contributed by atoms with Crippen LogP contribution in [0.2, 0.25) is 0 Å². The number of rotatable bonds is 1. The van der Waals surface area contributed by atoms with Crippen molar-refractivity contribution in [2.45, 2.75) is 20.3 Å². The van der Waals surface area contributed by atoms with E-state index in [0.29, 0.717) is 0 Å². The molecular formula is C4H9Co. The van der Waals surface area contributed by atoms with Crippen LogP contribution in [0.25, 0.3) is 0 Å². The molecule has 0 nitrogen and oxygen atoms in total. The maximum Gasteiger partial charge on any atom is 0 e. The maximum absolute atomic E-state index is 2.12. The fourth-order valence-corrected chi connectivity index (χ4v) is 0. The van der Waals surface area contributed by atoms with Gasteiger partial charge in [-0.25, -0.2) is 0 Å². The van der Waals surface area contributed by atoms with Gasteiger partial charge in [-0.3, -0.25) is 0 Å². The van der Waals surface area contributed by atoms with Crippen molar-refractivity contribution in [1.82, 2.24) is 0 Å². The summed E-state index contributed by atoms with van der Waals surface area (Å²) in [5, 5.41) is 0. The summed E-state index contributed by atoms with van der Waals surface area (Å²) in [5.74, 6) is 0. The second kappa shape index (κ2) is 8.82. The van der Waals surface area contributed by atoms with Gasteiger partial charge in [0.25, 0.3) is 0 Å². The van der Waals surface area contributed by atoms with Crippen LogP contribution in [-0.2, 0) is 16.8 Å². The molecule has 0 aromatic rings. The van der Waals surface area contributed by atoms with Crippen molar-refractivity contribution >= 4 is 0 Å². The van der Waals surface area contributed by atoms with Gasteiger partial charge in [0.1, 0.15) is 0 Å². The Hall–Kier alpha value is 0.506. The van der Waals surface area contributed by atoms with Crippen LogP contribution in [0, 0.1) is 6.42 Å². The molecule has 0 saturated carbocycles. The van der Waals surface area contributed by atoms with E-state index in [9.17, 15) is 0 Å². The molecule has 5 heavy (non-hydrogen) atoms. The third-order valence-electron chi connectivity index (χ3n) is 0.408. The third-order valence-corrected chi connectivity index (χ3v) is 0.408. The zero-order chi connectivity index (χ0) is 3.41. The average Bonchev–Trinajstić information content (AvgIpc) is 1.37. The summed E-state index contributed by atoms with van der Waals surface area (Å²) in [6, 6.07) is 0. The van der Waals surface area contributed by atoms with E-state index >= 15 is 0 Å².